The highest BCUT2D eigenvalue weighted by Crippen LogP contribution is 2.15. The van der Waals surface area contributed by atoms with Gasteiger partial charge < -0.3 is 22.9 Å². The van der Waals surface area contributed by atoms with E-state index in [0.29, 0.717) is 40.5 Å². The Morgan fingerprint density at radius 3 is 1.21 bits per heavy atom. The molecule has 131 heavy (non-hydrogen) atoms. The molecular formula is C103H140F3N19O4S2. The molecule has 0 aliphatic rings. The third-order valence-electron chi connectivity index (χ3n) is 17.4. The van der Waals surface area contributed by atoms with E-state index in [1.165, 1.54) is 53.0 Å². The molecule has 0 aliphatic heterocycles. The summed E-state index contributed by atoms with van der Waals surface area (Å²) in [4.78, 5) is 21.4. The van der Waals surface area contributed by atoms with Crippen LogP contribution >= 0.6 is 0 Å². The number of aryl methyl sites for hydroxylation is 24. The highest BCUT2D eigenvalue weighted by Gasteiger charge is 2.05. The fourth-order valence-electron chi connectivity index (χ4n) is 9.09. The smallest absolute Gasteiger partial charge is 0.213 e. The van der Waals surface area contributed by atoms with Crippen molar-refractivity contribution in [1.29, 1.82) is 5.26 Å². The van der Waals surface area contributed by atoms with E-state index in [9.17, 15) is 21.6 Å². The van der Waals surface area contributed by atoms with Crippen LogP contribution in [0.4, 0.5) is 13.2 Å². The van der Waals surface area contributed by atoms with E-state index in [1.54, 1.807) is 102 Å². The molecule has 10 heterocycles. The standard InChI is InChI=1S/C9H11FOS.C9H9N.C9H12OS.2C8H9F.C8H11NO.C7H9N.C7H8.C6H10N2.2C5H8N2.C5H7N.C5H6O.C4H7N3.C4H6N2.C3H6N4.CH4/c1-7-4-5-8(6-9(7)10)12(2,3)11;1-8-2-4-9(5-3-8)6-7-10;1-8-4-6-9(7-5-8)11(2,3)10;2*1-6-3-4-7(2)8(9)5-6;1-3-10-8-5-4-7(2)6-9-8;1-6-3-4-7(2)8-5-6;1-7-5-3-2-4-6-7;1-3-6-7-4-5-8(6)2;1-5-6-3-4-7(5)2;1-5-3-4-7(2)6-5;1-6-4-2-3-5-6;1-5-3-2-4-6-5;1-4-5-3-6-7(4)2;1-6-4-2-3-5-6;1-3-4-5-6-7(3)2;/h4-6H,2H2,1,3H3;2-5H,6H2,1H3;4-7H,2H2,1,3H3;2*3-5H,1-2H3;4-6H,3H2,1-2H3;3-5H,1-2H3;2-6H,1H3;4-5H,3H2,1-2H3;2*3-4H,1-2H3;2-5H,1H3;2-4H,1H3;3H,1-2H3;2-4H,1H3;1-2H3;1H4. The van der Waals surface area contributed by atoms with Crippen LogP contribution < -0.4 is 4.74 Å². The first-order valence-corrected chi connectivity index (χ1v) is 45.8. The maximum atomic E-state index is 13.0. The Labute approximate surface area is 779 Å². The number of pyridine rings is 2. The molecule has 16 aromatic rings. The van der Waals surface area contributed by atoms with Crippen LogP contribution in [0.15, 0.2) is 289 Å². The summed E-state index contributed by atoms with van der Waals surface area (Å²) in [6.45, 7) is 35.4. The van der Waals surface area contributed by atoms with Crippen molar-refractivity contribution < 1.29 is 30.7 Å². The van der Waals surface area contributed by atoms with E-state index in [1.807, 2.05) is 329 Å². The molecule has 10 aromatic heterocycles. The number of rotatable bonds is 6. The Morgan fingerprint density at radius 2 is 0.947 bits per heavy atom. The maximum absolute atomic E-state index is 13.0. The molecule has 28 heteroatoms. The summed E-state index contributed by atoms with van der Waals surface area (Å²) in [5.74, 6) is 12.2. The van der Waals surface area contributed by atoms with Crippen molar-refractivity contribution in [1.82, 2.24) is 88.2 Å². The highest BCUT2D eigenvalue weighted by atomic mass is 32.2. The topological polar surface area (TPSA) is 257 Å². The molecule has 23 nitrogen and oxygen atoms in total. The fourth-order valence-corrected chi connectivity index (χ4v) is 10.5. The Morgan fingerprint density at radius 1 is 0.443 bits per heavy atom. The van der Waals surface area contributed by atoms with Gasteiger partial charge in [-0.1, -0.05) is 140 Å². The zero-order chi connectivity index (χ0) is 97.7. The molecule has 6 aromatic carbocycles. The van der Waals surface area contributed by atoms with E-state index in [-0.39, 0.29) is 24.9 Å². The summed E-state index contributed by atoms with van der Waals surface area (Å²) >= 11 is 0. The normalized spacial score (nSPS) is 10.3. The number of nitriles is 1. The summed E-state index contributed by atoms with van der Waals surface area (Å²) in [7, 11) is 9.14. The summed E-state index contributed by atoms with van der Waals surface area (Å²) in [6, 6.07) is 62.6. The second-order valence-electron chi connectivity index (χ2n) is 29.9. The Hall–Kier alpha value is -13.7. The van der Waals surface area contributed by atoms with E-state index in [2.05, 4.69) is 106 Å². The molecule has 704 valence electrons. The average Bonchev–Trinajstić information content (AvgIpc) is 1.69. The molecule has 0 saturated carbocycles. The molecule has 16 rings (SSSR count). The van der Waals surface area contributed by atoms with Gasteiger partial charge in [0.1, 0.15) is 52.8 Å². The molecule has 0 aliphatic carbocycles. The molecule has 0 bridgehead atoms. The predicted octanol–water partition coefficient (Wildman–Crippen LogP) is 21.7. The third-order valence-corrected chi connectivity index (χ3v) is 19.9. The van der Waals surface area contributed by atoms with Crippen LogP contribution in [0.3, 0.4) is 0 Å². The largest absolute Gasteiger partial charge is 0.478 e. The van der Waals surface area contributed by atoms with Gasteiger partial charge in [-0.05, 0) is 282 Å². The summed E-state index contributed by atoms with van der Waals surface area (Å²) in [6.07, 6.45) is 28.6. The third kappa shape index (κ3) is 57.0. The number of furan rings is 1. The van der Waals surface area contributed by atoms with Crippen molar-refractivity contribution >= 4 is 30.8 Å². The van der Waals surface area contributed by atoms with Crippen molar-refractivity contribution in [2.75, 3.05) is 19.1 Å². The van der Waals surface area contributed by atoms with Crippen LogP contribution in [0, 0.1) is 140 Å². The van der Waals surface area contributed by atoms with Gasteiger partial charge in [0.25, 0.3) is 0 Å². The molecular weight excluding hydrogens is 1690 g/mol. The zero-order valence-corrected chi connectivity index (χ0v) is 82.7. The number of aromatic nitrogens is 18. The van der Waals surface area contributed by atoms with E-state index < -0.39 is 19.0 Å². The van der Waals surface area contributed by atoms with Crippen molar-refractivity contribution in [2.45, 2.75) is 155 Å². The Balaban J connectivity index is 0.00000138. The molecule has 2 unspecified atom stereocenters. The lowest BCUT2D eigenvalue weighted by atomic mass is 10.1. The molecule has 2 atom stereocenters. The van der Waals surface area contributed by atoms with Gasteiger partial charge in [-0.25, -0.2) is 37.8 Å². The number of nitrogens with zero attached hydrogens (tertiary/aromatic N) is 19. The molecule has 0 amide bonds. The van der Waals surface area contributed by atoms with Gasteiger partial charge in [-0.2, -0.15) is 20.6 Å². The number of imidazole rings is 2. The van der Waals surface area contributed by atoms with Gasteiger partial charge in [0.2, 0.25) is 5.88 Å². The summed E-state index contributed by atoms with van der Waals surface area (Å²) in [5, 5.41) is 30.6. The number of tetrazole rings is 1. The van der Waals surface area contributed by atoms with Gasteiger partial charge >= 0.3 is 0 Å². The number of ether oxygens (including phenoxy) is 1. The van der Waals surface area contributed by atoms with Crippen molar-refractivity contribution in [3.05, 3.63) is 394 Å². The second-order valence-corrected chi connectivity index (χ2v) is 34.8. The lowest BCUT2D eigenvalue weighted by molar-refractivity contribution is 0.327. The van der Waals surface area contributed by atoms with Crippen LogP contribution in [0.2, 0.25) is 0 Å². The van der Waals surface area contributed by atoms with Crippen LogP contribution in [0.25, 0.3) is 0 Å². The average molecular weight is 1830 g/mol. The number of halogens is 3. The molecule has 0 radical (unpaired) electrons. The zero-order valence-electron chi connectivity index (χ0n) is 81.1. The van der Waals surface area contributed by atoms with Crippen LogP contribution in [0.1, 0.15) is 123 Å². The van der Waals surface area contributed by atoms with E-state index in [0.717, 1.165) is 74.0 Å². The Bertz CT molecular complexity index is 5600. The maximum Gasteiger partial charge on any atom is 0.213 e. The quantitative estimate of drug-likeness (QED) is 0.140. The summed E-state index contributed by atoms with van der Waals surface area (Å²) < 4.78 is 83.7. The van der Waals surface area contributed by atoms with Crippen LogP contribution in [-0.4, -0.2) is 127 Å². The highest BCUT2D eigenvalue weighted by molar-refractivity contribution is 8.00. The van der Waals surface area contributed by atoms with Crippen LogP contribution in [-0.2, 0) is 81.2 Å². The van der Waals surface area contributed by atoms with Crippen molar-refractivity contribution in [3.8, 4) is 11.9 Å². The SMILES string of the molecule is C.C=S(C)(=O)c1ccc(C)c(F)c1.C=S(C)(=O)c1ccc(C)cc1.CCOc1ccc(C)cn1.CCc1nccn1C.Cc1ccc(C)c(F)c1.Cc1ccc(C)c(F)c1.Cc1ccc(C)nc1.Cc1ccc(CC#N)cc1.Cc1ccccc1.Cc1ccco1.Cc1ccn(C)n1.Cc1nccn1C.Cc1ncnn1C.Cc1nnnn1C.Cn1cccc1.Cn1cccn1. The minimum absolute atomic E-state index is 0. The lowest BCUT2D eigenvalue weighted by Gasteiger charge is -2.03. The van der Waals surface area contributed by atoms with Crippen molar-refractivity contribution in [2.24, 2.45) is 49.3 Å². The summed E-state index contributed by atoms with van der Waals surface area (Å²) in [5.41, 5.74) is 13.3. The first-order chi connectivity index (χ1) is 61.4. The van der Waals surface area contributed by atoms with E-state index >= 15 is 0 Å². The Kier molecular flexibility index (Phi) is 59.0. The number of hydrogen-bond acceptors (Lipinski definition) is 16. The molecule has 0 saturated heterocycles. The fraction of sp³-hybridized carbons (Fsp3) is 0.301. The van der Waals surface area contributed by atoms with Gasteiger partial charge in [0.05, 0.1) is 31.1 Å². The molecule has 0 N–H and O–H groups in total. The molecule has 0 fully saturated rings. The van der Waals surface area contributed by atoms with Gasteiger partial charge in [0, 0.05) is 158 Å². The van der Waals surface area contributed by atoms with Gasteiger partial charge in [0.15, 0.2) is 0 Å². The van der Waals surface area contributed by atoms with Crippen molar-refractivity contribution in [3.63, 3.8) is 0 Å². The first-order valence-electron chi connectivity index (χ1n) is 41.6. The number of hydrogen-bond donors (Lipinski definition) is 0. The van der Waals surface area contributed by atoms with Crippen LogP contribution in [0.5, 0.6) is 5.88 Å². The number of benzene rings is 6. The minimum Gasteiger partial charge on any atom is -0.478 e. The molecule has 0 spiro atoms. The monoisotopic (exact) mass is 1830 g/mol. The first kappa shape index (κ1) is 117. The second kappa shape index (κ2) is 65.8. The minimum atomic E-state index is -2.28. The van der Waals surface area contributed by atoms with E-state index in [4.69, 9.17) is 14.4 Å². The van der Waals surface area contributed by atoms with Gasteiger partial charge in [-0.15, -0.1) is 5.10 Å². The predicted molar refractivity (Wildman–Crippen MR) is 535 cm³/mol. The lowest BCUT2D eigenvalue weighted by Crippen LogP contribution is -1.97. The van der Waals surface area contributed by atoms with Gasteiger partial charge in [-0.3, -0.25) is 27.4 Å².